The van der Waals surface area contributed by atoms with Gasteiger partial charge in [-0.15, -0.1) is 0 Å². The van der Waals surface area contributed by atoms with Crippen molar-refractivity contribution in [3.05, 3.63) is 23.0 Å². The number of aromatic nitrogens is 1. The average Bonchev–Trinajstić information content (AvgIpc) is 2.42. The molecule has 1 aromatic rings. The number of hydrogen-bond donors (Lipinski definition) is 1. The molecular formula is C13H24N2. The van der Waals surface area contributed by atoms with Crippen molar-refractivity contribution in [2.24, 2.45) is 0 Å². The molecule has 1 heterocycles. The molecule has 1 rings (SSSR count). The Morgan fingerprint density at radius 2 is 2.00 bits per heavy atom. The molecular weight excluding hydrogens is 184 g/mol. The van der Waals surface area contributed by atoms with E-state index in [1.54, 1.807) is 0 Å². The second kappa shape index (κ2) is 5.36. The van der Waals surface area contributed by atoms with Crippen LogP contribution >= 0.6 is 0 Å². The second-order valence-electron chi connectivity index (χ2n) is 4.54. The van der Waals surface area contributed by atoms with E-state index in [2.05, 4.69) is 50.6 Å². The number of nitrogens with zero attached hydrogens (tertiary/aromatic N) is 1. The van der Waals surface area contributed by atoms with Gasteiger partial charge in [0, 0.05) is 24.0 Å². The van der Waals surface area contributed by atoms with Gasteiger partial charge in [0.05, 0.1) is 0 Å². The Kier molecular flexibility index (Phi) is 4.40. The predicted molar refractivity (Wildman–Crippen MR) is 66.3 cm³/mol. The fraction of sp³-hybridized carbons (Fsp3) is 0.692. The molecule has 2 nitrogen and oxygen atoms in total. The van der Waals surface area contributed by atoms with Crippen LogP contribution in [0.4, 0.5) is 0 Å². The number of rotatable bonds is 5. The summed E-state index contributed by atoms with van der Waals surface area (Å²) in [6, 6.07) is 2.86. The Morgan fingerprint density at radius 3 is 2.47 bits per heavy atom. The lowest BCUT2D eigenvalue weighted by Gasteiger charge is -2.13. The minimum Gasteiger partial charge on any atom is -0.346 e. The first-order valence-corrected chi connectivity index (χ1v) is 5.96. The Balaban J connectivity index is 2.77. The van der Waals surface area contributed by atoms with Gasteiger partial charge in [-0.05, 0) is 52.3 Å². The number of nitrogens with one attached hydrogen (secondary N) is 1. The molecule has 0 saturated heterocycles. The van der Waals surface area contributed by atoms with Crippen LogP contribution in [0.1, 0.15) is 50.2 Å². The maximum absolute atomic E-state index is 3.46. The maximum atomic E-state index is 3.46. The largest absolute Gasteiger partial charge is 0.346 e. The molecule has 0 spiro atoms. The molecule has 86 valence electrons. The van der Waals surface area contributed by atoms with Crippen molar-refractivity contribution in [2.45, 2.75) is 53.6 Å². The lowest BCUT2D eigenvalue weighted by Crippen LogP contribution is -2.14. The van der Waals surface area contributed by atoms with Crippen LogP contribution in [0.25, 0.3) is 0 Å². The minimum atomic E-state index is 0.560. The first kappa shape index (κ1) is 12.3. The van der Waals surface area contributed by atoms with Gasteiger partial charge in [0.15, 0.2) is 0 Å². The molecule has 1 aromatic heterocycles. The fourth-order valence-corrected chi connectivity index (χ4v) is 2.22. The molecule has 0 aliphatic carbocycles. The molecule has 0 amide bonds. The molecule has 1 N–H and O–H groups in total. The second-order valence-corrected chi connectivity index (χ2v) is 4.54. The molecule has 0 aliphatic heterocycles. The van der Waals surface area contributed by atoms with E-state index in [9.17, 15) is 0 Å². The van der Waals surface area contributed by atoms with Crippen molar-refractivity contribution in [1.29, 1.82) is 0 Å². The Bertz CT molecular complexity index is 311. The first-order valence-electron chi connectivity index (χ1n) is 5.96. The van der Waals surface area contributed by atoms with Crippen molar-refractivity contribution in [2.75, 3.05) is 6.54 Å². The van der Waals surface area contributed by atoms with E-state index < -0.39 is 0 Å². The Labute approximate surface area is 93.7 Å². The summed E-state index contributed by atoms with van der Waals surface area (Å²) in [5, 5.41) is 3.46. The SMILES string of the molecule is CCCNCc1cc(C)n(C(C)C)c1C. The van der Waals surface area contributed by atoms with Crippen molar-refractivity contribution in [1.82, 2.24) is 9.88 Å². The first-order chi connectivity index (χ1) is 7.07. The summed E-state index contributed by atoms with van der Waals surface area (Å²) in [5.41, 5.74) is 4.22. The van der Waals surface area contributed by atoms with Crippen molar-refractivity contribution >= 4 is 0 Å². The third-order valence-electron chi connectivity index (χ3n) is 2.85. The van der Waals surface area contributed by atoms with E-state index in [-0.39, 0.29) is 0 Å². The van der Waals surface area contributed by atoms with Gasteiger partial charge in [0.2, 0.25) is 0 Å². The standard InChI is InChI=1S/C13H24N2/c1-6-7-14-9-13-8-11(4)15(10(2)3)12(13)5/h8,10,14H,6-7,9H2,1-5H3. The molecule has 0 unspecified atom stereocenters. The van der Waals surface area contributed by atoms with Crippen LogP contribution in [0.15, 0.2) is 6.07 Å². The molecule has 0 radical (unpaired) electrons. The summed E-state index contributed by atoms with van der Waals surface area (Å²) >= 11 is 0. The van der Waals surface area contributed by atoms with Gasteiger partial charge in [-0.1, -0.05) is 6.92 Å². The third kappa shape index (κ3) is 2.85. The van der Waals surface area contributed by atoms with Crippen LogP contribution in [0.5, 0.6) is 0 Å². The van der Waals surface area contributed by atoms with Gasteiger partial charge in [0.1, 0.15) is 0 Å². The van der Waals surface area contributed by atoms with Crippen LogP contribution in [-0.4, -0.2) is 11.1 Å². The molecule has 0 aliphatic rings. The Hall–Kier alpha value is -0.760. The average molecular weight is 208 g/mol. The van der Waals surface area contributed by atoms with E-state index in [0.717, 1.165) is 13.1 Å². The summed E-state index contributed by atoms with van der Waals surface area (Å²) in [7, 11) is 0. The van der Waals surface area contributed by atoms with Crippen LogP contribution in [-0.2, 0) is 6.54 Å². The topological polar surface area (TPSA) is 17.0 Å². The highest BCUT2D eigenvalue weighted by Crippen LogP contribution is 2.19. The Morgan fingerprint density at radius 1 is 1.33 bits per heavy atom. The summed E-state index contributed by atoms with van der Waals surface area (Å²) in [6.45, 7) is 13.2. The van der Waals surface area contributed by atoms with Crippen LogP contribution in [0, 0.1) is 13.8 Å². The van der Waals surface area contributed by atoms with Gasteiger partial charge in [-0.25, -0.2) is 0 Å². The van der Waals surface area contributed by atoms with Crippen LogP contribution < -0.4 is 5.32 Å². The van der Waals surface area contributed by atoms with E-state index in [0.29, 0.717) is 6.04 Å². The number of hydrogen-bond acceptors (Lipinski definition) is 1. The quantitative estimate of drug-likeness (QED) is 0.735. The van der Waals surface area contributed by atoms with Gasteiger partial charge in [-0.3, -0.25) is 0 Å². The van der Waals surface area contributed by atoms with E-state index in [1.807, 2.05) is 0 Å². The van der Waals surface area contributed by atoms with E-state index in [1.165, 1.54) is 23.4 Å². The van der Waals surface area contributed by atoms with Gasteiger partial charge >= 0.3 is 0 Å². The van der Waals surface area contributed by atoms with Gasteiger partial charge in [0.25, 0.3) is 0 Å². The minimum absolute atomic E-state index is 0.560. The highest BCUT2D eigenvalue weighted by atomic mass is 15.0. The molecule has 2 heteroatoms. The normalized spacial score (nSPS) is 11.3. The van der Waals surface area contributed by atoms with Crippen LogP contribution in [0.2, 0.25) is 0 Å². The van der Waals surface area contributed by atoms with Crippen LogP contribution in [0.3, 0.4) is 0 Å². The van der Waals surface area contributed by atoms with Gasteiger partial charge < -0.3 is 9.88 Å². The smallest absolute Gasteiger partial charge is 0.0279 e. The van der Waals surface area contributed by atoms with Crippen molar-refractivity contribution in [3.8, 4) is 0 Å². The lowest BCUT2D eigenvalue weighted by molar-refractivity contribution is 0.570. The zero-order chi connectivity index (χ0) is 11.4. The maximum Gasteiger partial charge on any atom is 0.0279 e. The predicted octanol–water partition coefficient (Wildman–Crippen LogP) is 3.19. The summed E-state index contributed by atoms with van der Waals surface area (Å²) in [6.07, 6.45) is 1.20. The fourth-order valence-electron chi connectivity index (χ4n) is 2.22. The monoisotopic (exact) mass is 208 g/mol. The van der Waals surface area contributed by atoms with Crippen molar-refractivity contribution in [3.63, 3.8) is 0 Å². The van der Waals surface area contributed by atoms with Crippen molar-refractivity contribution < 1.29 is 0 Å². The van der Waals surface area contributed by atoms with E-state index >= 15 is 0 Å². The molecule has 0 bridgehead atoms. The molecule has 0 saturated carbocycles. The summed E-state index contributed by atoms with van der Waals surface area (Å²) in [5.74, 6) is 0. The lowest BCUT2D eigenvalue weighted by atomic mass is 10.2. The molecule has 15 heavy (non-hydrogen) atoms. The molecule has 0 atom stereocenters. The summed E-state index contributed by atoms with van der Waals surface area (Å²) < 4.78 is 2.41. The highest BCUT2D eigenvalue weighted by Gasteiger charge is 2.10. The zero-order valence-corrected chi connectivity index (χ0v) is 10.7. The summed E-state index contributed by atoms with van der Waals surface area (Å²) in [4.78, 5) is 0. The van der Waals surface area contributed by atoms with Gasteiger partial charge in [-0.2, -0.15) is 0 Å². The van der Waals surface area contributed by atoms with E-state index in [4.69, 9.17) is 0 Å². The third-order valence-corrected chi connectivity index (χ3v) is 2.85. The molecule has 0 aromatic carbocycles. The number of aryl methyl sites for hydroxylation is 1. The molecule has 0 fully saturated rings. The highest BCUT2D eigenvalue weighted by molar-refractivity contribution is 5.27. The zero-order valence-electron chi connectivity index (χ0n) is 10.7.